The fourth-order valence-electron chi connectivity index (χ4n) is 3.39. The molecule has 41 heavy (non-hydrogen) atoms. The van der Waals surface area contributed by atoms with E-state index >= 15 is 0 Å². The number of benzene rings is 3. The highest BCUT2D eigenvalue weighted by atomic mass is 79.9. The molecule has 0 saturated carbocycles. The third kappa shape index (κ3) is 8.17. The molecule has 0 aromatic heterocycles. The molecule has 0 atom stereocenters. The van der Waals surface area contributed by atoms with Crippen LogP contribution < -0.4 is 19.6 Å². The monoisotopic (exact) mass is 641 g/mol. The molecule has 2 amide bonds. The van der Waals surface area contributed by atoms with Crippen LogP contribution in [0.25, 0.3) is 6.08 Å². The molecule has 0 unspecified atom stereocenters. The molecule has 13 heteroatoms. The SMILES string of the molecule is CCOC(=O)c1ccc(NC(=O)/C(C#N)=C/c2cc(Br)c(OS(=O)(=O)c3ccc(NC(C)=O)cc3)c(OC)c2)cc1. The smallest absolute Gasteiger partial charge is 0.339 e. The van der Waals surface area contributed by atoms with Crippen LogP contribution in [0, 0.1) is 11.3 Å². The molecular weight excluding hydrogens is 618 g/mol. The summed E-state index contributed by atoms with van der Waals surface area (Å²) in [5.74, 6) is -1.65. The van der Waals surface area contributed by atoms with Crippen LogP contribution in [0.1, 0.15) is 29.8 Å². The van der Waals surface area contributed by atoms with Crippen LogP contribution in [0.2, 0.25) is 0 Å². The summed E-state index contributed by atoms with van der Waals surface area (Å²) in [5, 5.41) is 14.7. The van der Waals surface area contributed by atoms with Gasteiger partial charge < -0.3 is 24.3 Å². The van der Waals surface area contributed by atoms with E-state index in [1.54, 1.807) is 6.92 Å². The molecule has 0 aliphatic carbocycles. The Morgan fingerprint density at radius 3 is 2.17 bits per heavy atom. The standard InChI is InChI=1S/C28H24BrN3O8S/c1-4-39-28(35)19-5-7-22(8-6-19)32-27(34)20(16-30)13-18-14-24(29)26(25(15-18)38-3)40-41(36,37)23-11-9-21(10-12-23)31-17(2)33/h5-15H,4H2,1-3H3,(H,31,33)(H,32,34)/b20-13+. The molecule has 0 spiro atoms. The van der Waals surface area contributed by atoms with E-state index in [2.05, 4.69) is 26.6 Å². The Labute approximate surface area is 245 Å². The molecule has 0 radical (unpaired) electrons. The average molecular weight is 642 g/mol. The number of carbonyl (C=O) groups is 3. The molecule has 3 aromatic rings. The Bertz CT molecular complexity index is 1650. The largest absolute Gasteiger partial charge is 0.493 e. The van der Waals surface area contributed by atoms with E-state index in [4.69, 9.17) is 13.7 Å². The van der Waals surface area contributed by atoms with Gasteiger partial charge in [-0.3, -0.25) is 9.59 Å². The first-order valence-corrected chi connectivity index (χ1v) is 14.1. The van der Waals surface area contributed by atoms with Crippen LogP contribution in [0.15, 0.2) is 75.6 Å². The number of hydrogen-bond acceptors (Lipinski definition) is 9. The van der Waals surface area contributed by atoms with Crippen LogP contribution >= 0.6 is 15.9 Å². The predicted molar refractivity (Wildman–Crippen MR) is 154 cm³/mol. The Morgan fingerprint density at radius 1 is 1.00 bits per heavy atom. The maximum atomic E-state index is 12.9. The van der Waals surface area contributed by atoms with Crippen molar-refractivity contribution in [1.82, 2.24) is 0 Å². The minimum absolute atomic E-state index is 0.0105. The fourth-order valence-corrected chi connectivity index (χ4v) is 4.99. The fraction of sp³-hybridized carbons (Fsp3) is 0.143. The number of nitrogens with one attached hydrogen (secondary N) is 2. The van der Waals surface area contributed by atoms with Gasteiger partial charge in [0.1, 0.15) is 16.5 Å². The second kappa shape index (κ2) is 13.6. The number of ether oxygens (including phenoxy) is 2. The van der Waals surface area contributed by atoms with Crippen molar-refractivity contribution in [2.45, 2.75) is 18.7 Å². The number of methoxy groups -OCH3 is 1. The van der Waals surface area contributed by atoms with Gasteiger partial charge in [-0.05, 0) is 95.2 Å². The van der Waals surface area contributed by atoms with Gasteiger partial charge in [-0.2, -0.15) is 13.7 Å². The predicted octanol–water partition coefficient (Wildman–Crippen LogP) is 4.91. The van der Waals surface area contributed by atoms with Crippen molar-refractivity contribution >= 4 is 61.3 Å². The van der Waals surface area contributed by atoms with Crippen LogP contribution in [-0.4, -0.2) is 39.9 Å². The minimum Gasteiger partial charge on any atom is -0.493 e. The Morgan fingerprint density at radius 2 is 1.61 bits per heavy atom. The second-order valence-corrected chi connectivity index (χ2v) is 10.6. The summed E-state index contributed by atoms with van der Waals surface area (Å²) in [6.07, 6.45) is 1.29. The van der Waals surface area contributed by atoms with Crippen LogP contribution in [-0.2, 0) is 24.4 Å². The first-order valence-electron chi connectivity index (χ1n) is 11.9. The van der Waals surface area contributed by atoms with Crippen molar-refractivity contribution in [2.75, 3.05) is 24.4 Å². The molecule has 0 fully saturated rings. The summed E-state index contributed by atoms with van der Waals surface area (Å²) in [6, 6.07) is 16.0. The summed E-state index contributed by atoms with van der Waals surface area (Å²) >= 11 is 3.27. The average Bonchev–Trinajstić information content (AvgIpc) is 2.93. The Hall–Kier alpha value is -4.67. The molecule has 0 saturated heterocycles. The summed E-state index contributed by atoms with van der Waals surface area (Å²) in [7, 11) is -3.00. The number of rotatable bonds is 10. The van der Waals surface area contributed by atoms with Crippen molar-refractivity contribution < 1.29 is 36.5 Å². The first-order chi connectivity index (χ1) is 19.5. The maximum Gasteiger partial charge on any atom is 0.339 e. The summed E-state index contributed by atoms with van der Waals surface area (Å²) in [4.78, 5) is 35.6. The maximum absolute atomic E-state index is 12.9. The number of nitrogens with zero attached hydrogens (tertiary/aromatic N) is 1. The van der Waals surface area contributed by atoms with Crippen molar-refractivity contribution in [3.63, 3.8) is 0 Å². The third-order valence-electron chi connectivity index (χ3n) is 5.24. The molecular formula is C28H24BrN3O8S. The van der Waals surface area contributed by atoms with Gasteiger partial charge in [-0.1, -0.05) is 0 Å². The lowest BCUT2D eigenvalue weighted by molar-refractivity contribution is -0.114. The lowest BCUT2D eigenvalue weighted by atomic mass is 10.1. The number of anilines is 2. The minimum atomic E-state index is -4.30. The summed E-state index contributed by atoms with van der Waals surface area (Å²) in [5.41, 5.74) is 1.15. The number of hydrogen-bond donors (Lipinski definition) is 2. The quantitative estimate of drug-likeness (QED) is 0.136. The molecule has 11 nitrogen and oxygen atoms in total. The van der Waals surface area contributed by atoms with E-state index in [1.807, 2.05) is 6.07 Å². The van der Waals surface area contributed by atoms with Gasteiger partial charge in [0.15, 0.2) is 11.5 Å². The van der Waals surface area contributed by atoms with Gasteiger partial charge in [0.25, 0.3) is 5.91 Å². The molecule has 0 heterocycles. The van der Waals surface area contributed by atoms with Gasteiger partial charge in [0, 0.05) is 18.3 Å². The van der Waals surface area contributed by atoms with Crippen LogP contribution in [0.5, 0.6) is 11.5 Å². The molecule has 2 N–H and O–H groups in total. The lowest BCUT2D eigenvalue weighted by Gasteiger charge is -2.14. The topological polar surface area (TPSA) is 161 Å². The highest BCUT2D eigenvalue weighted by Crippen LogP contribution is 2.39. The number of nitriles is 1. The highest BCUT2D eigenvalue weighted by Gasteiger charge is 2.22. The zero-order valence-corrected chi connectivity index (χ0v) is 24.5. The molecule has 212 valence electrons. The highest BCUT2D eigenvalue weighted by molar-refractivity contribution is 9.10. The van der Waals surface area contributed by atoms with Crippen LogP contribution in [0.3, 0.4) is 0 Å². The zero-order valence-electron chi connectivity index (χ0n) is 22.1. The van der Waals surface area contributed by atoms with Gasteiger partial charge in [-0.25, -0.2) is 4.79 Å². The lowest BCUT2D eigenvalue weighted by Crippen LogP contribution is -2.14. The number of halogens is 1. The molecule has 0 bridgehead atoms. The van der Waals surface area contributed by atoms with Gasteiger partial charge in [0.2, 0.25) is 5.91 Å². The Balaban J connectivity index is 1.82. The van der Waals surface area contributed by atoms with Crippen molar-refractivity contribution in [1.29, 1.82) is 5.26 Å². The summed E-state index contributed by atoms with van der Waals surface area (Å²) < 4.78 is 41.5. The molecule has 3 aromatic carbocycles. The first kappa shape index (κ1) is 30.9. The van der Waals surface area contributed by atoms with Gasteiger partial charge >= 0.3 is 16.1 Å². The van der Waals surface area contributed by atoms with Crippen LogP contribution in [0.4, 0.5) is 11.4 Å². The third-order valence-corrected chi connectivity index (χ3v) is 7.06. The van der Waals surface area contributed by atoms with E-state index in [9.17, 15) is 28.1 Å². The number of esters is 1. The normalized spacial score (nSPS) is 11.1. The molecule has 3 rings (SSSR count). The van der Waals surface area contributed by atoms with Crippen molar-refractivity contribution in [2.24, 2.45) is 0 Å². The zero-order chi connectivity index (χ0) is 30.2. The Kier molecular flexibility index (Phi) is 10.2. The van der Waals surface area contributed by atoms with E-state index in [1.165, 1.54) is 80.8 Å². The number of amides is 2. The number of carbonyl (C=O) groups excluding carboxylic acids is 3. The van der Waals surface area contributed by atoms with E-state index in [0.717, 1.165) is 0 Å². The van der Waals surface area contributed by atoms with E-state index in [0.29, 0.717) is 22.5 Å². The van der Waals surface area contributed by atoms with E-state index < -0.39 is 22.0 Å². The van der Waals surface area contributed by atoms with Gasteiger partial charge in [-0.15, -0.1) is 0 Å². The van der Waals surface area contributed by atoms with Crippen molar-refractivity contribution in [3.8, 4) is 17.6 Å². The van der Waals surface area contributed by atoms with E-state index in [-0.39, 0.29) is 39.0 Å². The second-order valence-electron chi connectivity index (χ2n) is 8.20. The van der Waals surface area contributed by atoms with Crippen molar-refractivity contribution in [3.05, 3.63) is 81.8 Å². The van der Waals surface area contributed by atoms with Gasteiger partial charge in [0.05, 0.1) is 23.8 Å². The summed E-state index contributed by atoms with van der Waals surface area (Å²) in [6.45, 7) is 3.25. The molecule has 0 aliphatic rings. The molecule has 0 aliphatic heterocycles.